The summed E-state index contributed by atoms with van der Waals surface area (Å²) in [5.41, 5.74) is 1.30. The highest BCUT2D eigenvalue weighted by atomic mass is 79.9. The zero-order valence-electron chi connectivity index (χ0n) is 10.7. The molecule has 0 unspecified atom stereocenters. The maximum Gasteiger partial charge on any atom is 0.119 e. The highest BCUT2D eigenvalue weighted by molar-refractivity contribution is 9.09. The fraction of sp³-hybridized carbons (Fsp3) is 0.600. The van der Waals surface area contributed by atoms with Gasteiger partial charge in [0, 0.05) is 11.4 Å². The lowest BCUT2D eigenvalue weighted by molar-refractivity contribution is 0.383. The van der Waals surface area contributed by atoms with Crippen molar-refractivity contribution in [2.75, 3.05) is 5.33 Å². The first-order valence-electron chi connectivity index (χ1n) is 6.76. The van der Waals surface area contributed by atoms with Crippen LogP contribution in [0.25, 0.3) is 0 Å². The molecule has 100 valence electrons. The third-order valence-corrected chi connectivity index (χ3v) is 4.68. The molecular weight excluding hydrogens is 292 g/mol. The molecule has 2 rings (SSSR count). The number of phenols is 2. The van der Waals surface area contributed by atoms with E-state index in [1.165, 1.54) is 44.6 Å². The van der Waals surface area contributed by atoms with Gasteiger partial charge in [-0.25, -0.2) is 0 Å². The van der Waals surface area contributed by atoms with Crippen molar-refractivity contribution in [3.8, 4) is 11.5 Å². The van der Waals surface area contributed by atoms with E-state index in [0.29, 0.717) is 0 Å². The normalized spacial score (nSPS) is 18.1. The van der Waals surface area contributed by atoms with E-state index in [2.05, 4.69) is 15.9 Å². The quantitative estimate of drug-likeness (QED) is 0.622. The van der Waals surface area contributed by atoms with Gasteiger partial charge < -0.3 is 10.2 Å². The molecule has 0 bridgehead atoms. The monoisotopic (exact) mass is 312 g/mol. The SMILES string of the molecule is Oc1cc(O)cc(C2(CCCCBr)CCCC2)c1. The van der Waals surface area contributed by atoms with Gasteiger partial charge in [-0.1, -0.05) is 35.2 Å². The summed E-state index contributed by atoms with van der Waals surface area (Å²) in [6.07, 6.45) is 8.40. The van der Waals surface area contributed by atoms with E-state index in [9.17, 15) is 10.2 Å². The molecule has 3 heteroatoms. The van der Waals surface area contributed by atoms with Gasteiger partial charge in [0.05, 0.1) is 0 Å². The molecule has 1 saturated carbocycles. The molecule has 0 radical (unpaired) electrons. The van der Waals surface area contributed by atoms with Crippen LogP contribution in [-0.2, 0) is 5.41 Å². The molecule has 1 aliphatic rings. The van der Waals surface area contributed by atoms with Gasteiger partial charge in [0.1, 0.15) is 11.5 Å². The van der Waals surface area contributed by atoms with E-state index in [1.807, 2.05) is 12.1 Å². The summed E-state index contributed by atoms with van der Waals surface area (Å²) in [7, 11) is 0. The van der Waals surface area contributed by atoms with E-state index in [1.54, 1.807) is 0 Å². The van der Waals surface area contributed by atoms with Crippen molar-refractivity contribution in [3.05, 3.63) is 23.8 Å². The Bertz CT molecular complexity index is 377. The van der Waals surface area contributed by atoms with Gasteiger partial charge in [-0.15, -0.1) is 0 Å². The number of hydrogen-bond acceptors (Lipinski definition) is 2. The van der Waals surface area contributed by atoms with Crippen molar-refractivity contribution in [3.63, 3.8) is 0 Å². The second kappa shape index (κ2) is 5.96. The molecule has 1 aromatic rings. The predicted molar refractivity (Wildman–Crippen MR) is 77.6 cm³/mol. The summed E-state index contributed by atoms with van der Waals surface area (Å²) >= 11 is 3.48. The third-order valence-electron chi connectivity index (χ3n) is 4.11. The van der Waals surface area contributed by atoms with Crippen molar-refractivity contribution in [1.82, 2.24) is 0 Å². The molecule has 0 atom stereocenters. The molecule has 2 nitrogen and oxygen atoms in total. The van der Waals surface area contributed by atoms with Crippen LogP contribution in [0.4, 0.5) is 0 Å². The van der Waals surface area contributed by atoms with E-state index in [4.69, 9.17) is 0 Å². The Morgan fingerprint density at radius 2 is 1.61 bits per heavy atom. The number of rotatable bonds is 5. The van der Waals surface area contributed by atoms with Gasteiger partial charge in [0.15, 0.2) is 0 Å². The van der Waals surface area contributed by atoms with E-state index >= 15 is 0 Å². The first-order valence-corrected chi connectivity index (χ1v) is 7.88. The van der Waals surface area contributed by atoms with E-state index < -0.39 is 0 Å². The second-order valence-electron chi connectivity index (χ2n) is 5.37. The lowest BCUT2D eigenvalue weighted by atomic mass is 9.75. The van der Waals surface area contributed by atoms with Crippen LogP contribution in [0, 0.1) is 0 Å². The van der Waals surface area contributed by atoms with E-state index in [-0.39, 0.29) is 16.9 Å². The number of alkyl halides is 1. The third kappa shape index (κ3) is 3.00. The van der Waals surface area contributed by atoms with Crippen LogP contribution in [0.1, 0.15) is 50.5 Å². The van der Waals surface area contributed by atoms with Gasteiger partial charge in [-0.2, -0.15) is 0 Å². The summed E-state index contributed by atoms with van der Waals surface area (Å²) in [6.45, 7) is 0. The minimum absolute atomic E-state index is 0.178. The van der Waals surface area contributed by atoms with Crippen molar-refractivity contribution < 1.29 is 10.2 Å². The van der Waals surface area contributed by atoms with Crippen LogP contribution in [0.2, 0.25) is 0 Å². The predicted octanol–water partition coefficient (Wildman–Crippen LogP) is 4.47. The summed E-state index contributed by atoms with van der Waals surface area (Å²) in [6, 6.07) is 5.07. The van der Waals surface area contributed by atoms with Crippen LogP contribution in [0.15, 0.2) is 18.2 Å². The molecule has 1 aliphatic carbocycles. The Morgan fingerprint density at radius 1 is 1.00 bits per heavy atom. The molecule has 0 aromatic heterocycles. The molecule has 0 aliphatic heterocycles. The van der Waals surface area contributed by atoms with Gasteiger partial charge in [-0.3, -0.25) is 0 Å². The number of phenolic OH excluding ortho intramolecular Hbond substituents is 2. The topological polar surface area (TPSA) is 40.5 Å². The lowest BCUT2D eigenvalue weighted by Crippen LogP contribution is -2.22. The molecule has 1 fully saturated rings. The van der Waals surface area contributed by atoms with Gasteiger partial charge in [0.2, 0.25) is 0 Å². The van der Waals surface area contributed by atoms with Crippen molar-refractivity contribution >= 4 is 15.9 Å². The maximum atomic E-state index is 9.67. The summed E-state index contributed by atoms with van der Waals surface area (Å²) in [4.78, 5) is 0. The Hall–Kier alpha value is -0.700. The standard InChI is InChI=1S/C15H21BrO2/c16-8-4-3-7-15(5-1-2-6-15)12-9-13(17)11-14(18)10-12/h9-11,17-18H,1-8H2. The Labute approximate surface area is 117 Å². The van der Waals surface area contributed by atoms with Crippen LogP contribution in [-0.4, -0.2) is 15.5 Å². The zero-order valence-corrected chi connectivity index (χ0v) is 12.2. The van der Waals surface area contributed by atoms with Gasteiger partial charge in [-0.05, 0) is 48.8 Å². The maximum absolute atomic E-state index is 9.67. The molecule has 0 spiro atoms. The molecule has 2 N–H and O–H groups in total. The highest BCUT2D eigenvalue weighted by Crippen LogP contribution is 2.46. The first-order chi connectivity index (χ1) is 8.66. The minimum Gasteiger partial charge on any atom is -0.508 e. The summed E-state index contributed by atoms with van der Waals surface area (Å²) < 4.78 is 0. The fourth-order valence-corrected chi connectivity index (χ4v) is 3.59. The second-order valence-corrected chi connectivity index (χ2v) is 6.16. The van der Waals surface area contributed by atoms with E-state index in [0.717, 1.165) is 17.3 Å². The minimum atomic E-state index is 0.178. The first kappa shape index (κ1) is 13.7. The molecular formula is C15H21BrO2. The number of unbranched alkanes of at least 4 members (excludes halogenated alkanes) is 1. The summed E-state index contributed by atoms with van der Waals surface area (Å²) in [5.74, 6) is 0.355. The largest absolute Gasteiger partial charge is 0.508 e. The molecule has 0 heterocycles. The van der Waals surface area contributed by atoms with Crippen molar-refractivity contribution in [2.45, 2.75) is 50.4 Å². The van der Waals surface area contributed by atoms with Crippen LogP contribution in [0.3, 0.4) is 0 Å². The summed E-state index contributed by atoms with van der Waals surface area (Å²) in [5, 5.41) is 20.4. The number of aromatic hydroxyl groups is 2. The van der Waals surface area contributed by atoms with Crippen molar-refractivity contribution in [2.24, 2.45) is 0 Å². The van der Waals surface area contributed by atoms with Crippen molar-refractivity contribution in [1.29, 1.82) is 0 Å². The van der Waals surface area contributed by atoms with Gasteiger partial charge >= 0.3 is 0 Å². The molecule has 0 amide bonds. The highest BCUT2D eigenvalue weighted by Gasteiger charge is 2.35. The molecule has 0 saturated heterocycles. The molecule has 18 heavy (non-hydrogen) atoms. The lowest BCUT2D eigenvalue weighted by Gasteiger charge is -2.30. The Kier molecular flexibility index (Phi) is 4.55. The Morgan fingerprint density at radius 3 is 2.17 bits per heavy atom. The Balaban J connectivity index is 2.22. The van der Waals surface area contributed by atoms with Gasteiger partial charge in [0.25, 0.3) is 0 Å². The average molecular weight is 313 g/mol. The number of hydrogen-bond donors (Lipinski definition) is 2. The number of halogens is 1. The smallest absolute Gasteiger partial charge is 0.119 e. The zero-order chi connectivity index (χ0) is 13.0. The number of benzene rings is 1. The van der Waals surface area contributed by atoms with Crippen LogP contribution < -0.4 is 0 Å². The average Bonchev–Trinajstić information content (AvgIpc) is 2.78. The fourth-order valence-electron chi connectivity index (χ4n) is 3.19. The van der Waals surface area contributed by atoms with Crippen LogP contribution >= 0.6 is 15.9 Å². The van der Waals surface area contributed by atoms with Crippen LogP contribution in [0.5, 0.6) is 11.5 Å². The molecule has 1 aromatic carbocycles.